The number of ketones is 1. The van der Waals surface area contributed by atoms with Crippen molar-refractivity contribution in [2.24, 2.45) is 11.3 Å². The molecule has 4 nitrogen and oxygen atoms in total. The van der Waals surface area contributed by atoms with Crippen LogP contribution in [0.1, 0.15) is 52.9 Å². The highest BCUT2D eigenvalue weighted by Crippen LogP contribution is 2.49. The van der Waals surface area contributed by atoms with Crippen molar-refractivity contribution in [3.63, 3.8) is 0 Å². The van der Waals surface area contributed by atoms with Gasteiger partial charge >= 0.3 is 6.09 Å². The maximum absolute atomic E-state index is 12.6. The number of ether oxygens (including phenoxy) is 1. The van der Waals surface area contributed by atoms with Crippen LogP contribution in [-0.2, 0) is 9.53 Å². The summed E-state index contributed by atoms with van der Waals surface area (Å²) in [5.74, 6) is 2.87. The first-order valence-electron chi connectivity index (χ1n) is 8.36. The molecule has 0 spiro atoms. The number of terminal acetylenes is 1. The van der Waals surface area contributed by atoms with Crippen molar-refractivity contribution >= 4 is 11.9 Å². The van der Waals surface area contributed by atoms with Gasteiger partial charge in [-0.05, 0) is 46.5 Å². The Labute approximate surface area is 139 Å². The largest absolute Gasteiger partial charge is 0.444 e. The number of piperidine rings is 1. The smallest absolute Gasteiger partial charge is 0.410 e. The SMILES string of the molecule is C#CC12CCCN(C(=O)OC(C)(C)C)[C@@H]1CCC(=O)C2CC=C. The van der Waals surface area contributed by atoms with Gasteiger partial charge < -0.3 is 9.64 Å². The Morgan fingerprint density at radius 2 is 2.26 bits per heavy atom. The third-order valence-electron chi connectivity index (χ3n) is 4.93. The third-order valence-corrected chi connectivity index (χ3v) is 4.93. The molecule has 1 aliphatic heterocycles. The van der Waals surface area contributed by atoms with Crippen LogP contribution in [0.4, 0.5) is 4.79 Å². The Morgan fingerprint density at radius 1 is 1.57 bits per heavy atom. The zero-order valence-corrected chi connectivity index (χ0v) is 14.4. The van der Waals surface area contributed by atoms with E-state index >= 15 is 0 Å². The standard InChI is InChI=1S/C19H27NO3/c1-6-9-14-15(21)10-11-16-19(14,7-2)12-8-13-20(16)17(22)23-18(3,4)5/h2,6,14,16H,1,8-13H2,3-5H3/t14?,16-,19?/m1/s1. The summed E-state index contributed by atoms with van der Waals surface area (Å²) in [6, 6.07) is -0.126. The zero-order valence-electron chi connectivity index (χ0n) is 14.4. The normalized spacial score (nSPS) is 31.0. The maximum Gasteiger partial charge on any atom is 0.410 e. The van der Waals surface area contributed by atoms with Gasteiger partial charge in [-0.15, -0.1) is 13.0 Å². The van der Waals surface area contributed by atoms with E-state index in [9.17, 15) is 9.59 Å². The van der Waals surface area contributed by atoms with E-state index in [0.29, 0.717) is 25.8 Å². The summed E-state index contributed by atoms with van der Waals surface area (Å²) in [5.41, 5.74) is -1.13. The van der Waals surface area contributed by atoms with Gasteiger partial charge in [-0.25, -0.2) is 4.79 Å². The molecule has 4 heteroatoms. The summed E-state index contributed by atoms with van der Waals surface area (Å²) in [6.07, 6.45) is 10.6. The van der Waals surface area contributed by atoms with Crippen LogP contribution < -0.4 is 0 Å². The quantitative estimate of drug-likeness (QED) is 0.578. The van der Waals surface area contributed by atoms with Crippen molar-refractivity contribution in [3.8, 4) is 12.3 Å². The topological polar surface area (TPSA) is 46.6 Å². The minimum Gasteiger partial charge on any atom is -0.444 e. The Bertz CT molecular complexity index is 540. The molecule has 1 amide bonds. The van der Waals surface area contributed by atoms with Crippen molar-refractivity contribution in [2.45, 2.75) is 64.5 Å². The van der Waals surface area contributed by atoms with Gasteiger partial charge in [-0.3, -0.25) is 4.79 Å². The highest BCUT2D eigenvalue weighted by Gasteiger charge is 2.54. The first kappa shape index (κ1) is 17.6. The molecule has 2 fully saturated rings. The first-order chi connectivity index (χ1) is 10.7. The predicted octanol–water partition coefficient (Wildman–Crippen LogP) is 3.56. The van der Waals surface area contributed by atoms with Crippen LogP contribution in [-0.4, -0.2) is 35.0 Å². The van der Waals surface area contributed by atoms with Gasteiger partial charge in [0, 0.05) is 18.9 Å². The minimum absolute atomic E-state index is 0.126. The molecule has 0 aromatic heterocycles. The number of hydrogen-bond donors (Lipinski definition) is 0. The summed E-state index contributed by atoms with van der Waals surface area (Å²) in [4.78, 5) is 26.8. The lowest BCUT2D eigenvalue weighted by Crippen LogP contribution is -2.61. The summed E-state index contributed by atoms with van der Waals surface area (Å²) >= 11 is 0. The number of allylic oxidation sites excluding steroid dienone is 1. The molecule has 23 heavy (non-hydrogen) atoms. The fourth-order valence-corrected chi connectivity index (χ4v) is 4.02. The van der Waals surface area contributed by atoms with E-state index in [0.717, 1.165) is 12.8 Å². The summed E-state index contributed by atoms with van der Waals surface area (Å²) < 4.78 is 5.55. The lowest BCUT2D eigenvalue weighted by atomic mass is 9.58. The molecule has 3 atom stereocenters. The van der Waals surface area contributed by atoms with Gasteiger partial charge in [0.15, 0.2) is 0 Å². The van der Waals surface area contributed by atoms with Gasteiger partial charge in [0.05, 0.1) is 11.5 Å². The van der Waals surface area contributed by atoms with Crippen LogP contribution >= 0.6 is 0 Å². The molecule has 2 rings (SSSR count). The number of carbonyl (C=O) groups excluding carboxylic acids is 2. The summed E-state index contributed by atoms with van der Waals surface area (Å²) in [6.45, 7) is 9.97. The molecule has 0 aromatic rings. The monoisotopic (exact) mass is 317 g/mol. The highest BCUT2D eigenvalue weighted by molar-refractivity contribution is 5.84. The number of Topliss-reactive ketones (excluding diaryl/α,β-unsaturated/α-hetero) is 1. The van der Waals surface area contributed by atoms with E-state index in [2.05, 4.69) is 12.5 Å². The van der Waals surface area contributed by atoms with Crippen molar-refractivity contribution in [1.82, 2.24) is 4.90 Å². The number of rotatable bonds is 2. The molecule has 1 saturated carbocycles. The third kappa shape index (κ3) is 3.29. The predicted molar refractivity (Wildman–Crippen MR) is 89.8 cm³/mol. The van der Waals surface area contributed by atoms with E-state index < -0.39 is 11.0 Å². The van der Waals surface area contributed by atoms with Crippen LogP contribution in [0.15, 0.2) is 12.7 Å². The average molecular weight is 317 g/mol. The lowest BCUT2D eigenvalue weighted by Gasteiger charge is -2.52. The molecule has 0 aromatic carbocycles. The van der Waals surface area contributed by atoms with Crippen molar-refractivity contribution < 1.29 is 14.3 Å². The van der Waals surface area contributed by atoms with Gasteiger partial charge in [0.2, 0.25) is 0 Å². The molecule has 2 aliphatic rings. The molecule has 2 unspecified atom stereocenters. The van der Waals surface area contributed by atoms with E-state index in [1.165, 1.54) is 0 Å². The fraction of sp³-hybridized carbons (Fsp3) is 0.684. The van der Waals surface area contributed by atoms with Crippen LogP contribution in [0.2, 0.25) is 0 Å². The fourth-order valence-electron chi connectivity index (χ4n) is 4.02. The highest BCUT2D eigenvalue weighted by atomic mass is 16.6. The Hall–Kier alpha value is -1.76. The van der Waals surface area contributed by atoms with Crippen molar-refractivity contribution in [2.75, 3.05) is 6.54 Å². The summed E-state index contributed by atoms with van der Waals surface area (Å²) in [5, 5.41) is 0. The van der Waals surface area contributed by atoms with E-state index in [1.54, 1.807) is 11.0 Å². The lowest BCUT2D eigenvalue weighted by molar-refractivity contribution is -0.134. The molecular formula is C19H27NO3. The first-order valence-corrected chi connectivity index (χ1v) is 8.36. The number of nitrogens with zero attached hydrogens (tertiary/aromatic N) is 1. The Kier molecular flexibility index (Phi) is 4.89. The molecule has 1 heterocycles. The molecule has 0 bridgehead atoms. The zero-order chi connectivity index (χ0) is 17.3. The molecule has 126 valence electrons. The second-order valence-corrected chi connectivity index (χ2v) is 7.56. The van der Waals surface area contributed by atoms with Crippen LogP contribution in [0.5, 0.6) is 0 Å². The van der Waals surface area contributed by atoms with Gasteiger partial charge in [-0.2, -0.15) is 0 Å². The number of carbonyl (C=O) groups is 2. The van der Waals surface area contributed by atoms with Gasteiger partial charge in [0.1, 0.15) is 11.4 Å². The Balaban J connectivity index is 2.33. The molecular weight excluding hydrogens is 290 g/mol. The number of fused-ring (bicyclic) bond motifs is 1. The van der Waals surface area contributed by atoms with Gasteiger partial charge in [0.25, 0.3) is 0 Å². The van der Waals surface area contributed by atoms with Crippen LogP contribution in [0, 0.1) is 23.7 Å². The second-order valence-electron chi connectivity index (χ2n) is 7.56. The van der Waals surface area contributed by atoms with Crippen molar-refractivity contribution in [1.29, 1.82) is 0 Å². The average Bonchev–Trinajstić information content (AvgIpc) is 2.47. The summed E-state index contributed by atoms with van der Waals surface area (Å²) in [7, 11) is 0. The molecule has 0 radical (unpaired) electrons. The Morgan fingerprint density at radius 3 is 2.83 bits per heavy atom. The van der Waals surface area contributed by atoms with Crippen LogP contribution in [0.25, 0.3) is 0 Å². The van der Waals surface area contributed by atoms with E-state index in [4.69, 9.17) is 11.2 Å². The number of hydrogen-bond acceptors (Lipinski definition) is 3. The van der Waals surface area contributed by atoms with Crippen molar-refractivity contribution in [3.05, 3.63) is 12.7 Å². The number of amides is 1. The van der Waals surface area contributed by atoms with E-state index in [1.807, 2.05) is 20.8 Å². The molecule has 1 aliphatic carbocycles. The van der Waals surface area contributed by atoms with Gasteiger partial charge in [-0.1, -0.05) is 12.0 Å². The molecule has 1 saturated heterocycles. The van der Waals surface area contributed by atoms with Crippen LogP contribution in [0.3, 0.4) is 0 Å². The minimum atomic E-state index is -0.585. The molecule has 0 N–H and O–H groups in total. The second kappa shape index (κ2) is 6.39. The van der Waals surface area contributed by atoms with E-state index in [-0.39, 0.29) is 23.8 Å². The maximum atomic E-state index is 12.6. The number of likely N-dealkylation sites (tertiary alicyclic amines) is 1.